The standard InChI is InChI=1S/C19H25O6PS.3K.3H/c1-15(6-2-5-9-19(26(20,21)22)27(23,24)25)10-11-16-12-13-17-7-3-4-8-18(17)14-16;;;;;;/h3-4,6-8,12-14,19H,2,5,9-11H2,1H3,(H2,20,21,22)(H,23,24,25);;;;;;/q;3*+1;3*-1/b15-6+;;;;;;. The molecule has 0 aliphatic rings. The van der Waals surface area contributed by atoms with E-state index in [0.29, 0.717) is 6.42 Å². The normalized spacial score (nSPS) is 13.0. The first-order valence-corrected chi connectivity index (χ1v) is 11.9. The molecule has 0 saturated carbocycles. The molecular weight excluding hydrogens is 505 g/mol. The number of allylic oxidation sites excluding steroid dienone is 2. The van der Waals surface area contributed by atoms with E-state index in [9.17, 15) is 13.0 Å². The van der Waals surface area contributed by atoms with Crippen LogP contribution in [0.2, 0.25) is 0 Å². The van der Waals surface area contributed by atoms with E-state index in [2.05, 4.69) is 30.3 Å². The van der Waals surface area contributed by atoms with E-state index in [1.807, 2.05) is 25.1 Å². The molecule has 0 saturated heterocycles. The van der Waals surface area contributed by atoms with Gasteiger partial charge in [-0.1, -0.05) is 54.1 Å². The fraction of sp³-hybridized carbons (Fsp3) is 0.368. The smallest absolute Gasteiger partial charge is 1.00 e. The fourth-order valence-corrected chi connectivity index (χ4v) is 5.34. The summed E-state index contributed by atoms with van der Waals surface area (Å²) in [6.45, 7) is 1.98. The van der Waals surface area contributed by atoms with Crippen LogP contribution in [0.15, 0.2) is 54.1 Å². The number of hydrogen-bond donors (Lipinski definition) is 3. The molecule has 30 heavy (non-hydrogen) atoms. The summed E-state index contributed by atoms with van der Waals surface area (Å²) in [6, 6.07) is 14.5. The van der Waals surface area contributed by atoms with Crippen LogP contribution in [-0.4, -0.2) is 27.7 Å². The Hall–Kier alpha value is 3.41. The summed E-state index contributed by atoms with van der Waals surface area (Å²) in [5.41, 5.74) is 2.36. The summed E-state index contributed by atoms with van der Waals surface area (Å²) >= 11 is 0. The van der Waals surface area contributed by atoms with Crippen molar-refractivity contribution in [3.8, 4) is 0 Å². The van der Waals surface area contributed by atoms with E-state index < -0.39 is 22.7 Å². The molecule has 0 spiro atoms. The van der Waals surface area contributed by atoms with Crippen molar-refractivity contribution in [3.05, 3.63) is 59.7 Å². The van der Waals surface area contributed by atoms with Gasteiger partial charge in [-0.25, -0.2) is 0 Å². The van der Waals surface area contributed by atoms with Gasteiger partial charge in [0.2, 0.25) is 0 Å². The van der Waals surface area contributed by atoms with Gasteiger partial charge in [0, 0.05) is 0 Å². The third-order valence-corrected chi connectivity index (χ3v) is 8.04. The Morgan fingerprint density at radius 1 is 1.10 bits per heavy atom. The monoisotopic (exact) mass is 532 g/mol. The molecule has 1 unspecified atom stereocenters. The van der Waals surface area contributed by atoms with Gasteiger partial charge in [-0.15, -0.1) is 0 Å². The minimum absolute atomic E-state index is 0. The first-order chi connectivity index (χ1) is 12.6. The van der Waals surface area contributed by atoms with Crippen molar-refractivity contribution in [1.29, 1.82) is 0 Å². The molecule has 154 valence electrons. The maximum absolute atomic E-state index is 11.2. The topological polar surface area (TPSA) is 112 Å². The van der Waals surface area contributed by atoms with Gasteiger partial charge in [0.25, 0.3) is 10.1 Å². The van der Waals surface area contributed by atoms with E-state index in [-0.39, 0.29) is 171 Å². The van der Waals surface area contributed by atoms with Crippen LogP contribution < -0.4 is 154 Å². The molecule has 3 N–H and O–H groups in total. The Morgan fingerprint density at radius 3 is 2.27 bits per heavy atom. The molecule has 0 aromatic heterocycles. The first-order valence-electron chi connectivity index (χ1n) is 8.72. The summed E-state index contributed by atoms with van der Waals surface area (Å²) < 4.78 is 42.4. The summed E-state index contributed by atoms with van der Waals surface area (Å²) in [5.74, 6) is 0. The number of unbranched alkanes of at least 4 members (excludes halogenated alkanes) is 1. The average molecular weight is 533 g/mol. The van der Waals surface area contributed by atoms with Gasteiger partial charge in [0.05, 0.1) is 0 Å². The Labute approximate surface area is 311 Å². The number of hydrogen-bond acceptors (Lipinski definition) is 3. The van der Waals surface area contributed by atoms with Gasteiger partial charge in [-0.05, 0) is 55.4 Å². The molecule has 11 heteroatoms. The minimum atomic E-state index is -4.89. The van der Waals surface area contributed by atoms with Crippen molar-refractivity contribution >= 4 is 28.5 Å². The van der Waals surface area contributed by atoms with Crippen molar-refractivity contribution in [2.75, 3.05) is 0 Å². The summed E-state index contributed by atoms with van der Waals surface area (Å²) in [7, 11) is -9.66. The van der Waals surface area contributed by atoms with Gasteiger partial charge in [0.15, 0.2) is 4.99 Å². The van der Waals surface area contributed by atoms with Crippen LogP contribution in [0.25, 0.3) is 10.8 Å². The maximum Gasteiger partial charge on any atom is 1.00 e. The summed E-state index contributed by atoms with van der Waals surface area (Å²) in [4.78, 5) is 16.1. The molecule has 2 aromatic rings. The Kier molecular flexibility index (Phi) is 20.1. The van der Waals surface area contributed by atoms with Crippen molar-refractivity contribution < 1.29 is 186 Å². The molecule has 0 bridgehead atoms. The van der Waals surface area contributed by atoms with Gasteiger partial charge >= 0.3 is 162 Å². The van der Waals surface area contributed by atoms with E-state index in [1.165, 1.54) is 16.3 Å². The molecule has 0 heterocycles. The van der Waals surface area contributed by atoms with Gasteiger partial charge in [-0.2, -0.15) is 8.42 Å². The predicted octanol–water partition coefficient (Wildman–Crippen LogP) is -4.37. The van der Waals surface area contributed by atoms with E-state index in [1.54, 1.807) is 0 Å². The molecule has 0 radical (unpaired) electrons. The van der Waals surface area contributed by atoms with Crippen LogP contribution in [0.5, 0.6) is 0 Å². The molecule has 0 amide bonds. The minimum Gasteiger partial charge on any atom is -1.00 e. The molecule has 2 aromatic carbocycles. The fourth-order valence-electron chi connectivity index (χ4n) is 2.97. The zero-order valence-corrected chi connectivity index (χ0v) is 29.2. The van der Waals surface area contributed by atoms with E-state index >= 15 is 0 Å². The van der Waals surface area contributed by atoms with Crippen LogP contribution in [0.4, 0.5) is 0 Å². The molecule has 6 nitrogen and oxygen atoms in total. The largest absolute Gasteiger partial charge is 1.00 e. The number of rotatable bonds is 9. The third kappa shape index (κ3) is 12.9. The third-order valence-electron chi connectivity index (χ3n) is 4.49. The molecule has 2 rings (SSSR count). The summed E-state index contributed by atoms with van der Waals surface area (Å²) in [6.07, 6.45) is 4.15. The van der Waals surface area contributed by atoms with Crippen molar-refractivity contribution in [2.24, 2.45) is 0 Å². The molecule has 0 aliphatic carbocycles. The first kappa shape index (κ1) is 35.6. The second-order valence-electron chi connectivity index (χ2n) is 6.72. The Bertz CT molecular complexity index is 990. The van der Waals surface area contributed by atoms with E-state index in [4.69, 9.17) is 14.3 Å². The van der Waals surface area contributed by atoms with Crippen LogP contribution in [0, 0.1) is 0 Å². The van der Waals surface area contributed by atoms with Crippen LogP contribution in [0.3, 0.4) is 0 Å². The second kappa shape index (κ2) is 17.0. The van der Waals surface area contributed by atoms with Gasteiger partial charge < -0.3 is 14.1 Å². The maximum atomic E-state index is 11.2. The van der Waals surface area contributed by atoms with Crippen molar-refractivity contribution in [2.45, 2.75) is 44.0 Å². The number of aryl methyl sites for hydroxylation is 1. The van der Waals surface area contributed by atoms with Crippen LogP contribution >= 0.6 is 7.60 Å². The Morgan fingerprint density at radius 2 is 1.70 bits per heavy atom. The van der Waals surface area contributed by atoms with E-state index in [0.717, 1.165) is 18.4 Å². The second-order valence-corrected chi connectivity index (χ2v) is 10.5. The number of benzene rings is 2. The SMILES string of the molecule is C/C(=C\CCCC(P(=O)(O)O)S(=O)(=O)O)CCc1ccc2ccccc2c1.[H-].[H-].[H-].[K+].[K+].[K+]. The number of fused-ring (bicyclic) bond motifs is 1. The quantitative estimate of drug-likeness (QED) is 0.0990. The van der Waals surface area contributed by atoms with Gasteiger partial charge in [0.1, 0.15) is 0 Å². The molecular formula is C19H28K3O6PS. The van der Waals surface area contributed by atoms with Crippen LogP contribution in [0.1, 0.15) is 42.5 Å². The predicted molar refractivity (Wildman–Crippen MR) is 111 cm³/mol. The van der Waals surface area contributed by atoms with Crippen LogP contribution in [-0.2, 0) is 21.1 Å². The van der Waals surface area contributed by atoms with Gasteiger partial charge in [-0.3, -0.25) is 9.12 Å². The van der Waals surface area contributed by atoms with Crippen molar-refractivity contribution in [1.82, 2.24) is 0 Å². The Balaban J connectivity index is -0.000000436. The zero-order valence-electron chi connectivity index (χ0n) is 21.2. The summed E-state index contributed by atoms with van der Waals surface area (Å²) in [5, 5.41) is 2.40. The average Bonchev–Trinajstić information content (AvgIpc) is 2.57. The molecule has 1 atom stereocenters. The van der Waals surface area contributed by atoms with Crippen molar-refractivity contribution in [3.63, 3.8) is 0 Å². The molecule has 0 aliphatic heterocycles. The zero-order chi connectivity index (χ0) is 20.1. The molecule has 0 fully saturated rings.